The van der Waals surface area contributed by atoms with Crippen molar-refractivity contribution in [2.75, 3.05) is 14.2 Å². The number of hydrogen-bond acceptors (Lipinski definition) is 5. The van der Waals surface area contributed by atoms with Crippen molar-refractivity contribution in [3.8, 4) is 12.3 Å². The number of benzene rings is 2. The van der Waals surface area contributed by atoms with E-state index in [0.29, 0.717) is 26.0 Å². The summed E-state index contributed by atoms with van der Waals surface area (Å²) in [7, 11) is 2.87. The van der Waals surface area contributed by atoms with Gasteiger partial charge in [0, 0.05) is 29.3 Å². The molecule has 2 aromatic rings. The molecule has 156 valence electrons. The third-order valence-corrected chi connectivity index (χ3v) is 5.07. The first kappa shape index (κ1) is 23.3. The zero-order valence-electron chi connectivity index (χ0n) is 17.0. The molecule has 0 saturated heterocycles. The molecule has 0 heterocycles. The first-order valence-corrected chi connectivity index (χ1v) is 9.96. The van der Waals surface area contributed by atoms with Crippen LogP contribution in [0.4, 0.5) is 4.39 Å². The number of carbonyl (C=O) groups excluding carboxylic acids is 1. The Balaban J connectivity index is 2.35. The highest BCUT2D eigenvalue weighted by molar-refractivity contribution is 14.1. The third-order valence-electron chi connectivity index (χ3n) is 4.29. The lowest BCUT2D eigenvalue weighted by Crippen LogP contribution is -2.29. The van der Waals surface area contributed by atoms with Crippen molar-refractivity contribution in [1.29, 1.82) is 0 Å². The van der Waals surface area contributed by atoms with Gasteiger partial charge in [0.15, 0.2) is 5.71 Å². The summed E-state index contributed by atoms with van der Waals surface area (Å²) in [6, 6.07) is 8.56. The van der Waals surface area contributed by atoms with Gasteiger partial charge in [-0.2, -0.15) is 0 Å². The van der Waals surface area contributed by atoms with Crippen LogP contribution in [0.15, 0.2) is 40.6 Å². The van der Waals surface area contributed by atoms with Crippen LogP contribution < -0.4 is 5.32 Å². The smallest absolute Gasteiger partial charge is 0.273 e. The molecular weight excluding hydrogens is 500 g/mol. The van der Waals surface area contributed by atoms with E-state index < -0.39 is 11.7 Å². The molecule has 1 amide bonds. The first-order chi connectivity index (χ1) is 14.3. The monoisotopic (exact) mass is 521 g/mol. The predicted octanol–water partition coefficient (Wildman–Crippen LogP) is 3.76. The van der Waals surface area contributed by atoms with Crippen molar-refractivity contribution >= 4 is 39.9 Å². The summed E-state index contributed by atoms with van der Waals surface area (Å²) in [4.78, 5) is 22.5. The maximum absolute atomic E-state index is 14.5. The molecule has 6 nitrogen and oxygen atoms in total. The molecule has 0 aliphatic rings. The van der Waals surface area contributed by atoms with Crippen LogP contribution in [0.5, 0.6) is 0 Å². The fraction of sp³-hybridized carbons (Fsp3) is 0.227. The van der Waals surface area contributed by atoms with Crippen LogP contribution >= 0.6 is 22.6 Å². The molecule has 2 aromatic carbocycles. The van der Waals surface area contributed by atoms with Gasteiger partial charge in [0.05, 0.1) is 9.28 Å². The number of carbonyl (C=O) groups is 1. The maximum Gasteiger partial charge on any atom is 0.273 e. The van der Waals surface area contributed by atoms with Gasteiger partial charge in [0.2, 0.25) is 0 Å². The van der Waals surface area contributed by atoms with Crippen LogP contribution in [0.25, 0.3) is 0 Å². The van der Waals surface area contributed by atoms with Crippen LogP contribution in [0.2, 0.25) is 0 Å². The summed E-state index contributed by atoms with van der Waals surface area (Å²) in [5.74, 6) is 1.69. The SMILES string of the molecule is C#Cc1cc(I)c(F)c(/C(C)=N/OCc2c(C)cccc2/C(=N\OC)C(=O)NC)c1. The Morgan fingerprint density at radius 3 is 2.67 bits per heavy atom. The van der Waals surface area contributed by atoms with Crippen molar-refractivity contribution < 1.29 is 18.9 Å². The molecule has 1 N–H and O–H groups in total. The molecule has 0 atom stereocenters. The minimum Gasteiger partial charge on any atom is -0.398 e. The summed E-state index contributed by atoms with van der Waals surface area (Å²) in [6.07, 6.45) is 5.44. The van der Waals surface area contributed by atoms with Gasteiger partial charge in [-0.3, -0.25) is 4.79 Å². The van der Waals surface area contributed by atoms with Gasteiger partial charge >= 0.3 is 0 Å². The highest BCUT2D eigenvalue weighted by atomic mass is 127. The van der Waals surface area contributed by atoms with E-state index in [9.17, 15) is 9.18 Å². The number of rotatable bonds is 7. The fourth-order valence-corrected chi connectivity index (χ4v) is 3.34. The van der Waals surface area contributed by atoms with Gasteiger partial charge in [0.1, 0.15) is 19.5 Å². The number of nitrogens with one attached hydrogen (secondary N) is 1. The Labute approximate surface area is 188 Å². The van der Waals surface area contributed by atoms with Crippen LogP contribution in [0.1, 0.15) is 34.7 Å². The summed E-state index contributed by atoms with van der Waals surface area (Å²) in [5.41, 5.74) is 3.42. The Kier molecular flexibility index (Phi) is 8.35. The number of amides is 1. The predicted molar refractivity (Wildman–Crippen MR) is 123 cm³/mol. The normalized spacial score (nSPS) is 11.6. The van der Waals surface area contributed by atoms with Crippen molar-refractivity contribution in [3.63, 3.8) is 0 Å². The van der Waals surface area contributed by atoms with E-state index >= 15 is 0 Å². The van der Waals surface area contributed by atoms with Gasteiger partial charge in [0.25, 0.3) is 5.91 Å². The largest absolute Gasteiger partial charge is 0.398 e. The number of likely N-dealkylation sites (N-methyl/N-ethyl adjacent to an activating group) is 1. The van der Waals surface area contributed by atoms with Crippen LogP contribution in [-0.4, -0.2) is 31.5 Å². The molecule has 0 fully saturated rings. The number of halogens is 2. The van der Waals surface area contributed by atoms with Crippen molar-refractivity contribution in [2.24, 2.45) is 10.3 Å². The molecule has 0 aliphatic heterocycles. The molecule has 30 heavy (non-hydrogen) atoms. The Morgan fingerprint density at radius 2 is 2.03 bits per heavy atom. The molecule has 0 saturated carbocycles. The van der Waals surface area contributed by atoms with E-state index in [1.165, 1.54) is 14.2 Å². The average molecular weight is 521 g/mol. The summed E-state index contributed by atoms with van der Waals surface area (Å²) in [5, 5.41) is 10.4. The van der Waals surface area contributed by atoms with Crippen LogP contribution in [0, 0.1) is 28.7 Å². The lowest BCUT2D eigenvalue weighted by atomic mass is 9.98. The molecule has 0 aliphatic carbocycles. The second kappa shape index (κ2) is 10.7. The number of oxime groups is 2. The van der Waals surface area contributed by atoms with Gasteiger partial charge in [-0.05, 0) is 54.1 Å². The molecule has 2 rings (SSSR count). The Morgan fingerprint density at radius 1 is 1.30 bits per heavy atom. The van der Waals surface area contributed by atoms with Gasteiger partial charge in [-0.15, -0.1) is 6.42 Å². The second-order valence-electron chi connectivity index (χ2n) is 6.22. The van der Waals surface area contributed by atoms with Gasteiger partial charge in [-0.1, -0.05) is 34.4 Å². The highest BCUT2D eigenvalue weighted by Gasteiger charge is 2.19. The lowest BCUT2D eigenvalue weighted by Gasteiger charge is -2.13. The number of terminal acetylenes is 1. The summed E-state index contributed by atoms with van der Waals surface area (Å²) in [6.45, 7) is 3.56. The topological polar surface area (TPSA) is 72.3 Å². The van der Waals surface area contributed by atoms with E-state index in [4.69, 9.17) is 16.1 Å². The van der Waals surface area contributed by atoms with E-state index in [0.717, 1.165) is 5.56 Å². The Hall–Kier alpha value is -2.93. The van der Waals surface area contributed by atoms with Crippen molar-refractivity contribution in [3.05, 3.63) is 67.5 Å². The van der Waals surface area contributed by atoms with Gasteiger partial charge in [-0.25, -0.2) is 4.39 Å². The van der Waals surface area contributed by atoms with Crippen molar-refractivity contribution in [1.82, 2.24) is 5.32 Å². The van der Waals surface area contributed by atoms with Crippen LogP contribution in [-0.2, 0) is 21.1 Å². The average Bonchev–Trinajstić information content (AvgIpc) is 2.74. The first-order valence-electron chi connectivity index (χ1n) is 8.88. The molecule has 0 aromatic heterocycles. The minimum atomic E-state index is -0.412. The standard InChI is InChI=1S/C22H21FIN3O3/c1-6-15-10-17(20(23)19(24)11-15)14(3)26-30-12-18-13(2)8-7-9-16(18)21(27-29-5)22(28)25-4/h1,7-11H,12H2,2-5H3,(H,25,28)/b26-14+,27-21+. The molecule has 0 spiro atoms. The molecule has 0 bridgehead atoms. The third kappa shape index (κ3) is 5.36. The van der Waals surface area contributed by atoms with Gasteiger partial charge < -0.3 is 15.0 Å². The fourth-order valence-electron chi connectivity index (χ4n) is 2.72. The summed E-state index contributed by atoms with van der Waals surface area (Å²) < 4.78 is 14.9. The molecule has 8 heteroatoms. The minimum absolute atomic E-state index is 0.0482. The number of nitrogens with zero attached hydrogens (tertiary/aromatic N) is 2. The summed E-state index contributed by atoms with van der Waals surface area (Å²) >= 11 is 1.88. The maximum atomic E-state index is 14.5. The van der Waals surface area contributed by atoms with E-state index in [2.05, 4.69) is 21.5 Å². The van der Waals surface area contributed by atoms with E-state index in [1.54, 1.807) is 31.2 Å². The second-order valence-corrected chi connectivity index (χ2v) is 7.38. The zero-order chi connectivity index (χ0) is 22.3. The highest BCUT2D eigenvalue weighted by Crippen LogP contribution is 2.20. The molecule has 0 unspecified atom stereocenters. The zero-order valence-corrected chi connectivity index (χ0v) is 19.2. The number of aryl methyl sites for hydroxylation is 1. The van der Waals surface area contributed by atoms with E-state index in [-0.39, 0.29) is 17.9 Å². The molecule has 0 radical (unpaired) electrons. The quantitative estimate of drug-likeness (QED) is 0.261. The lowest BCUT2D eigenvalue weighted by molar-refractivity contribution is -0.114. The van der Waals surface area contributed by atoms with Crippen LogP contribution in [0.3, 0.4) is 0 Å². The Bertz CT molecular complexity index is 1060. The number of hydrogen-bond donors (Lipinski definition) is 1. The van der Waals surface area contributed by atoms with E-state index in [1.807, 2.05) is 35.6 Å². The molecular formula is C22H21FIN3O3. The van der Waals surface area contributed by atoms with Crippen molar-refractivity contribution in [2.45, 2.75) is 20.5 Å².